The van der Waals surface area contributed by atoms with Gasteiger partial charge in [0.25, 0.3) is 0 Å². The van der Waals surface area contributed by atoms with Crippen LogP contribution in [0.15, 0.2) is 30.3 Å². The lowest BCUT2D eigenvalue weighted by molar-refractivity contribution is -0.141. The molecule has 1 aromatic carbocycles. The number of rotatable bonds is 9. The summed E-state index contributed by atoms with van der Waals surface area (Å²) in [5, 5.41) is 5.78. The molecule has 6 nitrogen and oxygen atoms in total. The smallest absolute Gasteiger partial charge is 0.433 e. The molecule has 148 valence electrons. The van der Waals surface area contributed by atoms with E-state index in [4.69, 9.17) is 4.74 Å². The number of nitrogens with zero attached hydrogens (tertiary/aromatic N) is 3. The molecule has 0 fully saturated rings. The van der Waals surface area contributed by atoms with Crippen molar-refractivity contribution in [3.05, 3.63) is 41.6 Å². The van der Waals surface area contributed by atoms with Gasteiger partial charge in [-0.1, -0.05) is 18.2 Å². The van der Waals surface area contributed by atoms with Gasteiger partial charge in [0.1, 0.15) is 11.6 Å². The number of aromatic nitrogens is 2. The lowest BCUT2D eigenvalue weighted by Gasteiger charge is -2.14. The third kappa shape index (κ3) is 6.59. The zero-order valence-corrected chi connectivity index (χ0v) is 15.6. The van der Waals surface area contributed by atoms with Crippen molar-refractivity contribution in [3.8, 4) is 5.75 Å². The number of methoxy groups -OCH3 is 1. The van der Waals surface area contributed by atoms with Gasteiger partial charge in [0.2, 0.25) is 5.95 Å². The van der Waals surface area contributed by atoms with Crippen LogP contribution in [0.25, 0.3) is 0 Å². The van der Waals surface area contributed by atoms with E-state index in [-0.39, 0.29) is 18.3 Å². The summed E-state index contributed by atoms with van der Waals surface area (Å²) < 4.78 is 44.7. The molecular weight excluding hydrogens is 359 g/mol. The van der Waals surface area contributed by atoms with Gasteiger partial charge in [-0.15, -0.1) is 0 Å². The van der Waals surface area contributed by atoms with E-state index in [1.807, 2.05) is 37.2 Å². The maximum absolute atomic E-state index is 13.2. The third-order valence-corrected chi connectivity index (χ3v) is 3.73. The molecule has 0 saturated heterocycles. The van der Waals surface area contributed by atoms with E-state index < -0.39 is 11.9 Å². The van der Waals surface area contributed by atoms with E-state index in [0.717, 1.165) is 24.6 Å². The monoisotopic (exact) mass is 383 g/mol. The molecule has 1 aromatic heterocycles. The van der Waals surface area contributed by atoms with Crippen molar-refractivity contribution in [2.45, 2.75) is 19.1 Å². The van der Waals surface area contributed by atoms with E-state index in [2.05, 4.69) is 20.6 Å². The van der Waals surface area contributed by atoms with Crippen molar-refractivity contribution in [2.75, 3.05) is 44.9 Å². The fraction of sp³-hybridized carbons (Fsp3) is 0.444. The standard InChI is InChI=1S/C18H24F3N5O/c1-26(2)10-6-9-22-17-24-15(18(19,20)21)11-16(25-17)23-12-13-7-4-5-8-14(13)27-3/h4-5,7-8,11H,6,9-10,12H2,1-3H3,(H2,22,23,24,25). The first-order valence-corrected chi connectivity index (χ1v) is 8.50. The Labute approximate surface area is 156 Å². The summed E-state index contributed by atoms with van der Waals surface area (Å²) in [5.74, 6) is 0.696. The fourth-order valence-electron chi connectivity index (χ4n) is 2.39. The number of para-hydroxylation sites is 1. The maximum Gasteiger partial charge on any atom is 0.433 e. The van der Waals surface area contributed by atoms with Crippen LogP contribution in [0.5, 0.6) is 5.75 Å². The van der Waals surface area contributed by atoms with Crippen LogP contribution in [0.3, 0.4) is 0 Å². The molecule has 0 bridgehead atoms. The highest BCUT2D eigenvalue weighted by molar-refractivity contribution is 5.45. The molecule has 0 spiro atoms. The summed E-state index contributed by atoms with van der Waals surface area (Å²) in [6.45, 7) is 1.56. The maximum atomic E-state index is 13.2. The Bertz CT molecular complexity index is 737. The molecule has 9 heteroatoms. The molecule has 2 N–H and O–H groups in total. The number of ether oxygens (including phenoxy) is 1. The average Bonchev–Trinajstić information content (AvgIpc) is 2.63. The Morgan fingerprint density at radius 2 is 1.85 bits per heavy atom. The third-order valence-electron chi connectivity index (χ3n) is 3.73. The Morgan fingerprint density at radius 3 is 2.52 bits per heavy atom. The molecule has 27 heavy (non-hydrogen) atoms. The second-order valence-corrected chi connectivity index (χ2v) is 6.21. The quantitative estimate of drug-likeness (QED) is 0.647. The van der Waals surface area contributed by atoms with E-state index in [1.54, 1.807) is 13.2 Å². The van der Waals surface area contributed by atoms with Crippen LogP contribution in [0, 0.1) is 0 Å². The predicted molar refractivity (Wildman–Crippen MR) is 99.0 cm³/mol. The van der Waals surface area contributed by atoms with Gasteiger partial charge in [-0.3, -0.25) is 0 Å². The van der Waals surface area contributed by atoms with Crippen molar-refractivity contribution < 1.29 is 17.9 Å². The minimum Gasteiger partial charge on any atom is -0.496 e. The summed E-state index contributed by atoms with van der Waals surface area (Å²) in [6.07, 6.45) is -3.79. The Hall–Kier alpha value is -2.55. The van der Waals surface area contributed by atoms with E-state index in [9.17, 15) is 13.2 Å². The van der Waals surface area contributed by atoms with E-state index in [1.165, 1.54) is 0 Å². The molecule has 0 aliphatic carbocycles. The number of alkyl halides is 3. The average molecular weight is 383 g/mol. The number of nitrogens with one attached hydrogen (secondary N) is 2. The van der Waals surface area contributed by atoms with Crippen LogP contribution in [-0.2, 0) is 12.7 Å². The topological polar surface area (TPSA) is 62.3 Å². The lowest BCUT2D eigenvalue weighted by Crippen LogP contribution is -2.18. The lowest BCUT2D eigenvalue weighted by atomic mass is 10.2. The van der Waals surface area contributed by atoms with Crippen LogP contribution in [-0.4, -0.2) is 49.2 Å². The van der Waals surface area contributed by atoms with Gasteiger partial charge in [0.15, 0.2) is 5.69 Å². The first-order chi connectivity index (χ1) is 12.8. The summed E-state index contributed by atoms with van der Waals surface area (Å²) in [6, 6.07) is 8.18. The Balaban J connectivity index is 2.13. The molecule has 1 heterocycles. The van der Waals surface area contributed by atoms with Crippen molar-refractivity contribution >= 4 is 11.8 Å². The molecule has 0 aliphatic heterocycles. The largest absolute Gasteiger partial charge is 0.496 e. The molecule has 0 radical (unpaired) electrons. The molecular formula is C18H24F3N5O. The van der Waals surface area contributed by atoms with Gasteiger partial charge in [-0.2, -0.15) is 18.2 Å². The number of benzene rings is 1. The minimum atomic E-state index is -4.55. The van der Waals surface area contributed by atoms with Gasteiger partial charge in [-0.25, -0.2) is 4.98 Å². The first-order valence-electron chi connectivity index (χ1n) is 8.50. The SMILES string of the molecule is COc1ccccc1CNc1cc(C(F)(F)F)nc(NCCCN(C)C)n1. The fourth-order valence-corrected chi connectivity index (χ4v) is 2.39. The molecule has 2 aromatic rings. The predicted octanol–water partition coefficient (Wildman–Crippen LogP) is 3.48. The highest BCUT2D eigenvalue weighted by Gasteiger charge is 2.33. The van der Waals surface area contributed by atoms with Crippen LogP contribution in [0.4, 0.5) is 24.9 Å². The Kier molecular flexibility index (Phi) is 7.23. The summed E-state index contributed by atoms with van der Waals surface area (Å²) in [5.41, 5.74) is -0.178. The van der Waals surface area contributed by atoms with Crippen LogP contribution < -0.4 is 15.4 Å². The van der Waals surface area contributed by atoms with E-state index in [0.29, 0.717) is 12.3 Å². The number of hydrogen-bond acceptors (Lipinski definition) is 6. The Morgan fingerprint density at radius 1 is 1.11 bits per heavy atom. The molecule has 0 amide bonds. The molecule has 0 unspecified atom stereocenters. The van der Waals surface area contributed by atoms with Crippen molar-refractivity contribution in [3.63, 3.8) is 0 Å². The van der Waals surface area contributed by atoms with Crippen LogP contribution in [0.2, 0.25) is 0 Å². The van der Waals surface area contributed by atoms with Crippen LogP contribution >= 0.6 is 0 Å². The molecule has 2 rings (SSSR count). The minimum absolute atomic E-state index is 0.0499. The van der Waals surface area contributed by atoms with Crippen molar-refractivity contribution in [1.29, 1.82) is 0 Å². The van der Waals surface area contributed by atoms with Gasteiger partial charge in [0.05, 0.1) is 7.11 Å². The zero-order valence-electron chi connectivity index (χ0n) is 15.6. The van der Waals surface area contributed by atoms with Gasteiger partial charge < -0.3 is 20.3 Å². The van der Waals surface area contributed by atoms with Crippen LogP contribution in [0.1, 0.15) is 17.7 Å². The van der Waals surface area contributed by atoms with Gasteiger partial charge in [-0.05, 0) is 33.1 Å². The molecule has 0 atom stereocenters. The van der Waals surface area contributed by atoms with Crippen molar-refractivity contribution in [2.24, 2.45) is 0 Å². The van der Waals surface area contributed by atoms with E-state index >= 15 is 0 Å². The summed E-state index contributed by atoms with van der Waals surface area (Å²) in [4.78, 5) is 9.73. The second kappa shape index (κ2) is 9.40. The molecule has 0 aliphatic rings. The summed E-state index contributed by atoms with van der Waals surface area (Å²) >= 11 is 0. The highest BCUT2D eigenvalue weighted by Crippen LogP contribution is 2.30. The first kappa shape index (κ1) is 20.8. The molecule has 0 saturated carbocycles. The van der Waals surface area contributed by atoms with Crippen molar-refractivity contribution in [1.82, 2.24) is 14.9 Å². The number of anilines is 2. The van der Waals surface area contributed by atoms with Gasteiger partial charge >= 0.3 is 6.18 Å². The number of hydrogen-bond donors (Lipinski definition) is 2. The van der Waals surface area contributed by atoms with Gasteiger partial charge in [0, 0.05) is 24.7 Å². The highest BCUT2D eigenvalue weighted by atomic mass is 19.4. The number of halogens is 3. The summed E-state index contributed by atoms with van der Waals surface area (Å²) in [7, 11) is 5.41. The zero-order chi connectivity index (χ0) is 19.9. The normalized spacial score (nSPS) is 11.5. The second-order valence-electron chi connectivity index (χ2n) is 6.21.